The molecule has 0 aliphatic rings. The van der Waals surface area contributed by atoms with Crippen LogP contribution in [0.25, 0.3) is 0 Å². The van der Waals surface area contributed by atoms with Gasteiger partial charge >= 0.3 is 5.69 Å². The molecule has 2 rings (SSSR count). The molecule has 0 fully saturated rings. The van der Waals surface area contributed by atoms with E-state index in [-0.39, 0.29) is 17.9 Å². The normalized spacial score (nSPS) is 11.6. The van der Waals surface area contributed by atoms with E-state index in [9.17, 15) is 14.4 Å². The summed E-state index contributed by atoms with van der Waals surface area (Å²) in [6, 6.07) is 7.25. The van der Waals surface area contributed by atoms with Crippen LogP contribution in [0.2, 0.25) is 5.02 Å². The average Bonchev–Trinajstić information content (AvgIpc) is 2.57. The number of carbonyl (C=O) groups excluding carboxylic acids is 1. The average molecular weight is 365 g/mol. The highest BCUT2D eigenvalue weighted by molar-refractivity contribution is 6.30. The van der Waals surface area contributed by atoms with Crippen molar-refractivity contribution in [3.8, 4) is 0 Å². The van der Waals surface area contributed by atoms with Gasteiger partial charge in [0.25, 0.3) is 5.56 Å². The van der Waals surface area contributed by atoms with Gasteiger partial charge in [0.2, 0.25) is 0 Å². The van der Waals surface area contributed by atoms with Crippen molar-refractivity contribution in [1.82, 2.24) is 14.5 Å². The van der Waals surface area contributed by atoms with Crippen LogP contribution >= 0.6 is 11.6 Å². The summed E-state index contributed by atoms with van der Waals surface area (Å²) in [5.74, 6) is -0.611. The first-order valence-corrected chi connectivity index (χ1v) is 8.04. The van der Waals surface area contributed by atoms with E-state index in [0.717, 1.165) is 14.7 Å². The van der Waals surface area contributed by atoms with Crippen molar-refractivity contribution in [2.75, 3.05) is 12.3 Å². The molecule has 0 saturated carbocycles. The van der Waals surface area contributed by atoms with E-state index < -0.39 is 22.6 Å². The van der Waals surface area contributed by atoms with E-state index in [2.05, 4.69) is 5.32 Å². The molecule has 0 unspecified atom stereocenters. The monoisotopic (exact) mass is 364 g/mol. The molecule has 7 nitrogen and oxygen atoms in total. The Balaban J connectivity index is 2.28. The summed E-state index contributed by atoms with van der Waals surface area (Å²) in [4.78, 5) is 36.6. The maximum Gasteiger partial charge on any atom is 0.332 e. The first-order valence-electron chi connectivity index (χ1n) is 7.66. The second-order valence-corrected chi connectivity index (χ2v) is 6.81. The molecule has 2 aromatic rings. The molecule has 1 aromatic heterocycles. The Bertz CT molecular complexity index is 927. The number of nitrogens with one attached hydrogen (secondary N) is 1. The largest absolute Gasteiger partial charge is 0.384 e. The molecular weight excluding hydrogens is 344 g/mol. The van der Waals surface area contributed by atoms with Crippen molar-refractivity contribution in [2.45, 2.75) is 19.4 Å². The third kappa shape index (κ3) is 3.67. The molecule has 25 heavy (non-hydrogen) atoms. The summed E-state index contributed by atoms with van der Waals surface area (Å²) in [5.41, 5.74) is 4.75. The molecule has 1 aromatic carbocycles. The SMILES string of the molecule is Cn1c(N)c(C(=O)CNC(C)(C)c2ccc(Cl)cc2)c(=O)n(C)c1=O. The number of halogens is 1. The summed E-state index contributed by atoms with van der Waals surface area (Å²) < 4.78 is 1.95. The first-order chi connectivity index (χ1) is 11.6. The Morgan fingerprint density at radius 2 is 1.72 bits per heavy atom. The van der Waals surface area contributed by atoms with Gasteiger partial charge < -0.3 is 11.1 Å². The predicted molar refractivity (Wildman–Crippen MR) is 98.1 cm³/mol. The third-order valence-corrected chi connectivity index (χ3v) is 4.50. The second-order valence-electron chi connectivity index (χ2n) is 6.37. The summed E-state index contributed by atoms with van der Waals surface area (Å²) in [6.07, 6.45) is 0. The molecule has 3 N–H and O–H groups in total. The standard InChI is InChI=1S/C17H21ClN4O3/c1-17(2,10-5-7-11(18)8-6-10)20-9-12(23)13-14(19)21(3)16(25)22(4)15(13)24/h5-8,20H,9,19H2,1-4H3. The molecule has 0 aliphatic carbocycles. The van der Waals surface area contributed by atoms with Crippen LogP contribution in [-0.2, 0) is 19.6 Å². The van der Waals surface area contributed by atoms with Crippen LogP contribution in [0.15, 0.2) is 33.9 Å². The summed E-state index contributed by atoms with van der Waals surface area (Å²) in [5, 5.41) is 3.74. The fourth-order valence-corrected chi connectivity index (χ4v) is 2.61. The van der Waals surface area contributed by atoms with Crippen molar-refractivity contribution in [3.05, 3.63) is 61.3 Å². The molecule has 0 bridgehead atoms. The van der Waals surface area contributed by atoms with Crippen LogP contribution in [-0.4, -0.2) is 21.5 Å². The van der Waals surface area contributed by atoms with E-state index >= 15 is 0 Å². The minimum atomic E-state index is -0.698. The van der Waals surface area contributed by atoms with Crippen LogP contribution in [0, 0.1) is 0 Å². The van der Waals surface area contributed by atoms with Crippen LogP contribution in [0.3, 0.4) is 0 Å². The van der Waals surface area contributed by atoms with Crippen molar-refractivity contribution in [2.24, 2.45) is 14.1 Å². The van der Waals surface area contributed by atoms with E-state index in [1.807, 2.05) is 26.0 Å². The zero-order chi connectivity index (χ0) is 18.9. The van der Waals surface area contributed by atoms with Gasteiger partial charge in [-0.25, -0.2) is 4.79 Å². The van der Waals surface area contributed by atoms with Crippen molar-refractivity contribution in [1.29, 1.82) is 0 Å². The van der Waals surface area contributed by atoms with Gasteiger partial charge in [0.1, 0.15) is 11.4 Å². The first kappa shape index (κ1) is 19.0. The number of ketones is 1. The fourth-order valence-electron chi connectivity index (χ4n) is 2.48. The van der Waals surface area contributed by atoms with Crippen LogP contribution < -0.4 is 22.3 Å². The third-order valence-electron chi connectivity index (χ3n) is 4.25. The van der Waals surface area contributed by atoms with Crippen LogP contribution in [0.1, 0.15) is 29.8 Å². The van der Waals surface area contributed by atoms with Crippen molar-refractivity contribution < 1.29 is 4.79 Å². The Morgan fingerprint density at radius 3 is 2.28 bits per heavy atom. The van der Waals surface area contributed by atoms with Gasteiger partial charge in [0, 0.05) is 24.7 Å². The Kier molecular flexibility index (Phi) is 5.20. The van der Waals surface area contributed by atoms with E-state index in [1.165, 1.54) is 14.1 Å². The Labute approximate surface area is 150 Å². The Morgan fingerprint density at radius 1 is 1.16 bits per heavy atom. The highest BCUT2D eigenvalue weighted by Crippen LogP contribution is 2.21. The van der Waals surface area contributed by atoms with Crippen LogP contribution in [0.5, 0.6) is 0 Å². The van der Waals surface area contributed by atoms with E-state index in [4.69, 9.17) is 17.3 Å². The minimum Gasteiger partial charge on any atom is -0.384 e. The maximum atomic E-state index is 12.5. The van der Waals surface area contributed by atoms with Gasteiger partial charge in [-0.2, -0.15) is 0 Å². The topological polar surface area (TPSA) is 99.1 Å². The number of aromatic nitrogens is 2. The second kappa shape index (κ2) is 6.85. The number of benzene rings is 1. The van der Waals surface area contributed by atoms with E-state index in [0.29, 0.717) is 5.02 Å². The molecule has 0 amide bonds. The van der Waals surface area contributed by atoms with Gasteiger partial charge in [-0.1, -0.05) is 23.7 Å². The zero-order valence-corrected chi connectivity index (χ0v) is 15.3. The van der Waals surface area contributed by atoms with Crippen molar-refractivity contribution in [3.63, 3.8) is 0 Å². The molecule has 0 aliphatic heterocycles. The Hall–Kier alpha value is -2.38. The predicted octanol–water partition coefficient (Wildman–Crippen LogP) is 1.03. The van der Waals surface area contributed by atoms with E-state index in [1.54, 1.807) is 12.1 Å². The number of rotatable bonds is 5. The molecule has 8 heteroatoms. The number of carbonyl (C=O) groups is 1. The van der Waals surface area contributed by atoms with Gasteiger partial charge in [-0.05, 0) is 31.5 Å². The molecule has 0 radical (unpaired) electrons. The fraction of sp³-hybridized carbons (Fsp3) is 0.353. The van der Waals surface area contributed by atoms with Gasteiger partial charge in [-0.3, -0.25) is 18.7 Å². The number of hydrogen-bond donors (Lipinski definition) is 2. The van der Waals surface area contributed by atoms with Crippen LogP contribution in [0.4, 0.5) is 5.82 Å². The molecule has 0 atom stereocenters. The molecule has 0 spiro atoms. The highest BCUT2D eigenvalue weighted by Gasteiger charge is 2.24. The number of anilines is 1. The number of nitrogens with two attached hydrogens (primary N) is 1. The number of nitrogens with zero attached hydrogens (tertiary/aromatic N) is 2. The lowest BCUT2D eigenvalue weighted by Gasteiger charge is -2.27. The molecule has 134 valence electrons. The highest BCUT2D eigenvalue weighted by atomic mass is 35.5. The lowest BCUT2D eigenvalue weighted by Crippen LogP contribution is -2.45. The van der Waals surface area contributed by atoms with Gasteiger partial charge in [0.15, 0.2) is 5.78 Å². The lowest BCUT2D eigenvalue weighted by atomic mass is 9.94. The maximum absolute atomic E-state index is 12.5. The lowest BCUT2D eigenvalue weighted by molar-refractivity contribution is 0.0978. The molecular formula is C17H21ClN4O3. The number of hydrogen-bond acceptors (Lipinski definition) is 5. The summed E-state index contributed by atoms with van der Waals surface area (Å²) in [7, 11) is 2.73. The van der Waals surface area contributed by atoms with Gasteiger partial charge in [-0.15, -0.1) is 0 Å². The van der Waals surface area contributed by atoms with Crippen molar-refractivity contribution >= 4 is 23.2 Å². The summed E-state index contributed by atoms with van der Waals surface area (Å²) in [6.45, 7) is 3.71. The molecule has 1 heterocycles. The smallest absolute Gasteiger partial charge is 0.332 e. The van der Waals surface area contributed by atoms with Gasteiger partial charge in [0.05, 0.1) is 6.54 Å². The zero-order valence-electron chi connectivity index (χ0n) is 14.6. The quantitative estimate of drug-likeness (QED) is 0.772. The number of Topliss-reactive ketones (excluding diaryl/α,β-unsaturated/α-hetero) is 1. The molecule has 0 saturated heterocycles. The minimum absolute atomic E-state index is 0.104. The summed E-state index contributed by atoms with van der Waals surface area (Å²) >= 11 is 5.89. The number of nitrogen functional groups attached to an aromatic ring is 1.